The molecule has 2 fully saturated rings. The SMILES string of the molecule is C1CCC(CCCNCC2CCCCC2)CC1. The average molecular weight is 237 g/mol. The van der Waals surface area contributed by atoms with Crippen molar-refractivity contribution < 1.29 is 0 Å². The van der Waals surface area contributed by atoms with Crippen LogP contribution in [0.2, 0.25) is 0 Å². The Balaban J connectivity index is 1.42. The van der Waals surface area contributed by atoms with Gasteiger partial charge >= 0.3 is 0 Å². The summed E-state index contributed by atoms with van der Waals surface area (Å²) in [4.78, 5) is 0. The Morgan fingerprint density at radius 3 is 1.94 bits per heavy atom. The predicted molar refractivity (Wildman–Crippen MR) is 75.3 cm³/mol. The lowest BCUT2D eigenvalue weighted by atomic mass is 9.86. The first-order valence-electron chi connectivity index (χ1n) is 8.16. The number of hydrogen-bond acceptors (Lipinski definition) is 1. The van der Waals surface area contributed by atoms with Gasteiger partial charge in [0.1, 0.15) is 0 Å². The molecule has 0 bridgehead atoms. The van der Waals surface area contributed by atoms with Crippen LogP contribution in [-0.4, -0.2) is 13.1 Å². The molecule has 2 rings (SSSR count). The summed E-state index contributed by atoms with van der Waals surface area (Å²) in [6.45, 7) is 2.57. The van der Waals surface area contributed by atoms with E-state index in [0.29, 0.717) is 0 Å². The quantitative estimate of drug-likeness (QED) is 0.670. The van der Waals surface area contributed by atoms with Crippen LogP contribution >= 0.6 is 0 Å². The van der Waals surface area contributed by atoms with E-state index in [1.165, 1.54) is 90.1 Å². The summed E-state index contributed by atoms with van der Waals surface area (Å²) in [6.07, 6.45) is 17.8. The molecular formula is C16H31N. The zero-order valence-corrected chi connectivity index (χ0v) is 11.6. The third-order valence-electron chi connectivity index (χ3n) is 4.85. The van der Waals surface area contributed by atoms with Gasteiger partial charge in [0.25, 0.3) is 0 Å². The van der Waals surface area contributed by atoms with E-state index in [-0.39, 0.29) is 0 Å². The molecule has 0 heterocycles. The third-order valence-corrected chi connectivity index (χ3v) is 4.85. The highest BCUT2D eigenvalue weighted by Gasteiger charge is 2.14. The molecule has 2 saturated carbocycles. The minimum absolute atomic E-state index is 0.999. The molecule has 0 atom stereocenters. The van der Waals surface area contributed by atoms with Crippen LogP contribution < -0.4 is 5.32 Å². The van der Waals surface area contributed by atoms with Gasteiger partial charge in [0.05, 0.1) is 0 Å². The van der Waals surface area contributed by atoms with Crippen molar-refractivity contribution in [3.8, 4) is 0 Å². The van der Waals surface area contributed by atoms with Crippen LogP contribution in [0, 0.1) is 11.8 Å². The molecule has 0 spiro atoms. The molecule has 0 radical (unpaired) electrons. The third kappa shape index (κ3) is 5.42. The fourth-order valence-electron chi connectivity index (χ4n) is 3.69. The van der Waals surface area contributed by atoms with Crippen molar-refractivity contribution in [2.75, 3.05) is 13.1 Å². The summed E-state index contributed by atoms with van der Waals surface area (Å²) < 4.78 is 0. The minimum atomic E-state index is 0.999. The van der Waals surface area contributed by atoms with E-state index in [0.717, 1.165) is 11.8 Å². The van der Waals surface area contributed by atoms with Crippen molar-refractivity contribution in [3.05, 3.63) is 0 Å². The highest BCUT2D eigenvalue weighted by molar-refractivity contribution is 4.69. The first-order chi connectivity index (χ1) is 8.45. The summed E-state index contributed by atoms with van der Waals surface area (Å²) in [5.74, 6) is 2.07. The zero-order valence-electron chi connectivity index (χ0n) is 11.6. The summed E-state index contributed by atoms with van der Waals surface area (Å²) in [5, 5.41) is 3.69. The largest absolute Gasteiger partial charge is 0.316 e. The van der Waals surface area contributed by atoms with Crippen molar-refractivity contribution in [2.24, 2.45) is 11.8 Å². The molecule has 1 N–H and O–H groups in total. The monoisotopic (exact) mass is 237 g/mol. The van der Waals surface area contributed by atoms with Crippen molar-refractivity contribution in [2.45, 2.75) is 77.0 Å². The highest BCUT2D eigenvalue weighted by atomic mass is 14.9. The lowest BCUT2D eigenvalue weighted by molar-refractivity contribution is 0.319. The van der Waals surface area contributed by atoms with Crippen molar-refractivity contribution in [3.63, 3.8) is 0 Å². The van der Waals surface area contributed by atoms with E-state index in [4.69, 9.17) is 0 Å². The standard InChI is InChI=1S/C16H31N/c1-3-8-15(9-4-1)12-7-13-17-14-16-10-5-2-6-11-16/h15-17H,1-14H2. The first kappa shape index (κ1) is 13.4. The maximum absolute atomic E-state index is 3.69. The Hall–Kier alpha value is -0.0400. The number of nitrogens with one attached hydrogen (secondary N) is 1. The van der Waals surface area contributed by atoms with Gasteiger partial charge in [-0.15, -0.1) is 0 Å². The molecule has 2 aliphatic rings. The van der Waals surface area contributed by atoms with Crippen LogP contribution in [0.3, 0.4) is 0 Å². The maximum Gasteiger partial charge on any atom is -0.00205 e. The van der Waals surface area contributed by atoms with Crippen LogP contribution in [-0.2, 0) is 0 Å². The van der Waals surface area contributed by atoms with Gasteiger partial charge in [-0.05, 0) is 50.6 Å². The van der Waals surface area contributed by atoms with E-state index in [1.807, 2.05) is 0 Å². The minimum Gasteiger partial charge on any atom is -0.316 e. The van der Waals surface area contributed by atoms with Crippen molar-refractivity contribution >= 4 is 0 Å². The van der Waals surface area contributed by atoms with Gasteiger partial charge in [-0.25, -0.2) is 0 Å². The molecule has 100 valence electrons. The Bertz CT molecular complexity index is 158. The molecule has 0 amide bonds. The molecule has 1 heteroatoms. The van der Waals surface area contributed by atoms with Gasteiger partial charge in [0, 0.05) is 0 Å². The number of rotatable bonds is 6. The Kier molecular flexibility index (Phi) is 6.41. The zero-order chi connectivity index (χ0) is 11.8. The second-order valence-corrected chi connectivity index (χ2v) is 6.35. The summed E-state index contributed by atoms with van der Waals surface area (Å²) in [5.41, 5.74) is 0. The van der Waals surface area contributed by atoms with Crippen molar-refractivity contribution in [1.82, 2.24) is 5.32 Å². The predicted octanol–water partition coefficient (Wildman–Crippen LogP) is 4.52. The molecule has 0 aliphatic heterocycles. The topological polar surface area (TPSA) is 12.0 Å². The first-order valence-corrected chi connectivity index (χ1v) is 8.16. The van der Waals surface area contributed by atoms with E-state index < -0.39 is 0 Å². The Morgan fingerprint density at radius 1 is 0.706 bits per heavy atom. The molecule has 0 aromatic heterocycles. The Labute approximate surface area is 108 Å². The number of hydrogen-bond donors (Lipinski definition) is 1. The van der Waals surface area contributed by atoms with Gasteiger partial charge < -0.3 is 5.32 Å². The summed E-state index contributed by atoms with van der Waals surface area (Å²) in [6, 6.07) is 0. The van der Waals surface area contributed by atoms with Crippen LogP contribution in [0.5, 0.6) is 0 Å². The second kappa shape index (κ2) is 8.13. The lowest BCUT2D eigenvalue weighted by Gasteiger charge is -2.23. The van der Waals surface area contributed by atoms with Gasteiger partial charge in [-0.2, -0.15) is 0 Å². The van der Waals surface area contributed by atoms with E-state index in [9.17, 15) is 0 Å². The molecule has 0 unspecified atom stereocenters. The second-order valence-electron chi connectivity index (χ2n) is 6.35. The molecule has 2 aliphatic carbocycles. The lowest BCUT2D eigenvalue weighted by Crippen LogP contribution is -2.25. The van der Waals surface area contributed by atoms with Crippen LogP contribution in [0.4, 0.5) is 0 Å². The van der Waals surface area contributed by atoms with E-state index >= 15 is 0 Å². The van der Waals surface area contributed by atoms with E-state index in [1.54, 1.807) is 0 Å². The van der Waals surface area contributed by atoms with Crippen LogP contribution in [0.15, 0.2) is 0 Å². The van der Waals surface area contributed by atoms with Crippen LogP contribution in [0.25, 0.3) is 0 Å². The summed E-state index contributed by atoms with van der Waals surface area (Å²) >= 11 is 0. The van der Waals surface area contributed by atoms with Crippen molar-refractivity contribution in [1.29, 1.82) is 0 Å². The fraction of sp³-hybridized carbons (Fsp3) is 1.00. The van der Waals surface area contributed by atoms with E-state index in [2.05, 4.69) is 5.32 Å². The molecule has 0 aromatic carbocycles. The molecular weight excluding hydrogens is 206 g/mol. The normalized spacial score (nSPS) is 24.0. The average Bonchev–Trinajstić information content (AvgIpc) is 2.41. The highest BCUT2D eigenvalue weighted by Crippen LogP contribution is 2.27. The summed E-state index contributed by atoms with van der Waals surface area (Å²) in [7, 11) is 0. The molecule has 0 saturated heterocycles. The van der Waals surface area contributed by atoms with Gasteiger partial charge in [-0.3, -0.25) is 0 Å². The van der Waals surface area contributed by atoms with Gasteiger partial charge in [0.2, 0.25) is 0 Å². The fourth-order valence-corrected chi connectivity index (χ4v) is 3.69. The Morgan fingerprint density at radius 2 is 1.29 bits per heavy atom. The van der Waals surface area contributed by atoms with Crippen LogP contribution in [0.1, 0.15) is 77.0 Å². The smallest absolute Gasteiger partial charge is 0.00205 e. The maximum atomic E-state index is 3.69. The molecule has 1 nitrogen and oxygen atoms in total. The molecule has 0 aromatic rings. The van der Waals surface area contributed by atoms with Gasteiger partial charge in [0.15, 0.2) is 0 Å². The van der Waals surface area contributed by atoms with Gasteiger partial charge in [-0.1, -0.05) is 51.4 Å². The molecule has 17 heavy (non-hydrogen) atoms.